The summed E-state index contributed by atoms with van der Waals surface area (Å²) in [7, 11) is 1.87. The Bertz CT molecular complexity index is 849. The van der Waals surface area contributed by atoms with Gasteiger partial charge in [0.05, 0.1) is 0 Å². The molecule has 6 nitrogen and oxygen atoms in total. The molecule has 2 aromatic rings. The molecule has 1 aliphatic rings. The molecule has 1 aliphatic carbocycles. The molecule has 28 heavy (non-hydrogen) atoms. The van der Waals surface area contributed by atoms with Gasteiger partial charge in [-0.25, -0.2) is 4.98 Å². The number of aryl methyl sites for hydroxylation is 3. The van der Waals surface area contributed by atoms with Gasteiger partial charge in [0, 0.05) is 26.6 Å². The molecule has 0 bridgehead atoms. The van der Waals surface area contributed by atoms with Crippen LogP contribution in [-0.4, -0.2) is 35.5 Å². The molecule has 0 atom stereocenters. The lowest BCUT2D eigenvalue weighted by Crippen LogP contribution is -2.25. The van der Waals surface area contributed by atoms with E-state index in [0.29, 0.717) is 11.6 Å². The molecule has 1 aromatic carbocycles. The molecular formula is C22H34N6. The number of nitrogen functional groups attached to an aromatic ring is 1. The summed E-state index contributed by atoms with van der Waals surface area (Å²) in [5.41, 5.74) is 12.0. The highest BCUT2D eigenvalue weighted by Gasteiger charge is 2.20. The third kappa shape index (κ3) is 4.38. The van der Waals surface area contributed by atoms with E-state index in [9.17, 15) is 0 Å². The van der Waals surface area contributed by atoms with Gasteiger partial charge in [0.2, 0.25) is 0 Å². The van der Waals surface area contributed by atoms with Crippen molar-refractivity contribution in [3.63, 3.8) is 0 Å². The summed E-state index contributed by atoms with van der Waals surface area (Å²) in [6.45, 7) is 9.25. The van der Waals surface area contributed by atoms with Gasteiger partial charge >= 0.3 is 0 Å². The van der Waals surface area contributed by atoms with Crippen LogP contribution in [-0.2, 0) is 25.8 Å². The minimum Gasteiger partial charge on any atom is -0.382 e. The minimum atomic E-state index is 0.00478. The lowest BCUT2D eigenvalue weighted by Gasteiger charge is -2.15. The molecule has 3 rings (SSSR count). The average Bonchev–Trinajstić information content (AvgIpc) is 3.22. The maximum absolute atomic E-state index is 7.93. The van der Waals surface area contributed by atoms with Gasteiger partial charge < -0.3 is 20.9 Å². The average molecular weight is 383 g/mol. The summed E-state index contributed by atoms with van der Waals surface area (Å²) in [6, 6.07) is 4.71. The van der Waals surface area contributed by atoms with E-state index < -0.39 is 0 Å². The van der Waals surface area contributed by atoms with Crippen molar-refractivity contribution >= 4 is 11.7 Å². The Morgan fingerprint density at radius 3 is 2.64 bits per heavy atom. The third-order valence-electron chi connectivity index (χ3n) is 5.50. The summed E-state index contributed by atoms with van der Waals surface area (Å²) >= 11 is 0. The lowest BCUT2D eigenvalue weighted by molar-refractivity contribution is 0.521. The topological polar surface area (TPSA) is 91.8 Å². The summed E-state index contributed by atoms with van der Waals surface area (Å²) in [5.74, 6) is 2.41. The van der Waals surface area contributed by atoms with Gasteiger partial charge in [0.1, 0.15) is 23.2 Å². The number of fused-ring (bicyclic) bond motifs is 1. The van der Waals surface area contributed by atoms with Crippen LogP contribution in [0.2, 0.25) is 0 Å². The molecule has 152 valence electrons. The summed E-state index contributed by atoms with van der Waals surface area (Å²) < 4.78 is 2.18. The maximum Gasteiger partial charge on any atom is 0.147 e. The Hall–Kier alpha value is -2.34. The Labute approximate surface area is 168 Å². The number of aromatic nitrogens is 2. The van der Waals surface area contributed by atoms with Crippen LogP contribution < -0.4 is 16.4 Å². The van der Waals surface area contributed by atoms with Gasteiger partial charge in [-0.15, -0.1) is 0 Å². The molecular weight excluding hydrogens is 348 g/mol. The summed E-state index contributed by atoms with van der Waals surface area (Å²) in [6.07, 6.45) is 4.39. The van der Waals surface area contributed by atoms with Crippen LogP contribution in [0.1, 0.15) is 54.0 Å². The van der Waals surface area contributed by atoms with E-state index in [2.05, 4.69) is 48.1 Å². The predicted molar refractivity (Wildman–Crippen MR) is 117 cm³/mol. The molecule has 0 aliphatic heterocycles. The molecule has 0 spiro atoms. The number of hydrogen-bond acceptors (Lipinski definition) is 4. The van der Waals surface area contributed by atoms with E-state index in [-0.39, 0.29) is 5.84 Å². The third-order valence-corrected chi connectivity index (χ3v) is 5.50. The second kappa shape index (κ2) is 8.78. The van der Waals surface area contributed by atoms with Crippen molar-refractivity contribution in [2.75, 3.05) is 25.5 Å². The van der Waals surface area contributed by atoms with Crippen molar-refractivity contribution in [3.05, 3.63) is 45.9 Å². The van der Waals surface area contributed by atoms with E-state index in [1.165, 1.54) is 41.5 Å². The van der Waals surface area contributed by atoms with Crippen molar-refractivity contribution in [1.82, 2.24) is 14.9 Å². The van der Waals surface area contributed by atoms with Crippen molar-refractivity contribution in [1.29, 1.82) is 5.41 Å². The second-order valence-electron chi connectivity index (χ2n) is 8.22. The largest absolute Gasteiger partial charge is 0.382 e. The number of rotatable bonds is 9. The van der Waals surface area contributed by atoms with Crippen LogP contribution >= 0.6 is 0 Å². The fourth-order valence-electron chi connectivity index (χ4n) is 4.06. The molecule has 0 radical (unpaired) electrons. The quantitative estimate of drug-likeness (QED) is 0.305. The molecule has 0 saturated carbocycles. The standard InChI is InChI=1S/C22H34N6/c1-14(2)13-26-8-9-28-19(27-20(21(23)24)22(28)25-4)12-18-11-17-7-5-6-16(17)10-15(18)3/h10-11,14,25-26H,5-9,12-13H2,1-4H3,(H3,23,24). The number of hydrogen-bond donors (Lipinski definition) is 4. The maximum atomic E-state index is 7.93. The molecule has 5 N–H and O–H groups in total. The first-order valence-electron chi connectivity index (χ1n) is 10.3. The van der Waals surface area contributed by atoms with Crippen molar-refractivity contribution in [2.45, 2.75) is 53.0 Å². The first-order valence-corrected chi connectivity index (χ1v) is 10.3. The molecule has 0 fully saturated rings. The molecule has 0 amide bonds. The van der Waals surface area contributed by atoms with Gasteiger partial charge in [-0.05, 0) is 60.9 Å². The number of nitrogens with one attached hydrogen (secondary N) is 3. The van der Waals surface area contributed by atoms with Crippen molar-refractivity contribution < 1.29 is 0 Å². The van der Waals surface area contributed by atoms with Crippen LogP contribution in [0.3, 0.4) is 0 Å². The van der Waals surface area contributed by atoms with Crippen LogP contribution in [0.4, 0.5) is 5.82 Å². The van der Waals surface area contributed by atoms with Gasteiger partial charge in [0.25, 0.3) is 0 Å². The van der Waals surface area contributed by atoms with Gasteiger partial charge in [-0.1, -0.05) is 26.0 Å². The molecule has 1 aromatic heterocycles. The Morgan fingerprint density at radius 1 is 1.29 bits per heavy atom. The van der Waals surface area contributed by atoms with Crippen molar-refractivity contribution in [2.24, 2.45) is 11.7 Å². The highest BCUT2D eigenvalue weighted by molar-refractivity contribution is 5.97. The Morgan fingerprint density at radius 2 is 2.00 bits per heavy atom. The lowest BCUT2D eigenvalue weighted by atomic mass is 9.98. The van der Waals surface area contributed by atoms with Crippen LogP contribution in [0.5, 0.6) is 0 Å². The van der Waals surface area contributed by atoms with Crippen LogP contribution in [0.15, 0.2) is 12.1 Å². The van der Waals surface area contributed by atoms with Gasteiger partial charge in [-0.3, -0.25) is 5.41 Å². The highest BCUT2D eigenvalue weighted by atomic mass is 15.2. The zero-order valence-electron chi connectivity index (χ0n) is 17.7. The Kier molecular flexibility index (Phi) is 6.39. The predicted octanol–water partition coefficient (Wildman–Crippen LogP) is 2.84. The number of anilines is 1. The fraction of sp³-hybridized carbons (Fsp3) is 0.545. The Balaban J connectivity index is 1.89. The smallest absolute Gasteiger partial charge is 0.147 e. The van der Waals surface area contributed by atoms with E-state index in [0.717, 1.165) is 37.7 Å². The number of benzene rings is 1. The molecule has 0 unspecified atom stereocenters. The van der Waals surface area contributed by atoms with Crippen molar-refractivity contribution in [3.8, 4) is 0 Å². The van der Waals surface area contributed by atoms with Gasteiger partial charge in [-0.2, -0.15) is 0 Å². The van der Waals surface area contributed by atoms with Gasteiger partial charge in [0.15, 0.2) is 0 Å². The fourth-order valence-corrected chi connectivity index (χ4v) is 4.06. The minimum absolute atomic E-state index is 0.00478. The summed E-state index contributed by atoms with van der Waals surface area (Å²) in [4.78, 5) is 4.75. The molecule has 1 heterocycles. The normalized spacial score (nSPS) is 13.2. The molecule has 0 saturated heterocycles. The summed E-state index contributed by atoms with van der Waals surface area (Å²) in [5, 5.41) is 14.6. The first kappa shape index (κ1) is 20.4. The van der Waals surface area contributed by atoms with Crippen LogP contribution in [0.25, 0.3) is 0 Å². The first-order chi connectivity index (χ1) is 13.4. The monoisotopic (exact) mass is 382 g/mol. The van der Waals surface area contributed by atoms with E-state index in [4.69, 9.17) is 16.1 Å². The number of imidazole rings is 1. The van der Waals surface area contributed by atoms with Crippen LogP contribution in [0, 0.1) is 18.3 Å². The van der Waals surface area contributed by atoms with E-state index in [1.807, 2.05) is 7.05 Å². The van der Waals surface area contributed by atoms with E-state index in [1.54, 1.807) is 0 Å². The SMILES string of the molecule is CNc1c(C(=N)N)nc(Cc2cc3c(cc2C)CCC3)n1CCNCC(C)C. The molecule has 6 heteroatoms. The highest BCUT2D eigenvalue weighted by Crippen LogP contribution is 2.27. The number of nitrogens with zero attached hydrogens (tertiary/aromatic N) is 2. The zero-order chi connectivity index (χ0) is 20.3. The van der Waals surface area contributed by atoms with E-state index >= 15 is 0 Å². The zero-order valence-corrected chi connectivity index (χ0v) is 17.7. The second-order valence-corrected chi connectivity index (χ2v) is 8.22. The number of nitrogens with two attached hydrogens (primary N) is 1. The number of amidine groups is 1.